The number of rotatable bonds is 9. The second-order valence-corrected chi connectivity index (χ2v) is 6.77. The third-order valence-corrected chi connectivity index (χ3v) is 4.35. The second-order valence-electron chi connectivity index (χ2n) is 6.77. The van der Waals surface area contributed by atoms with Crippen molar-refractivity contribution in [3.63, 3.8) is 0 Å². The number of aryl methyl sites for hydroxylation is 1. The van der Waals surface area contributed by atoms with E-state index in [0.29, 0.717) is 17.2 Å². The number of ether oxygens (including phenoxy) is 3. The summed E-state index contributed by atoms with van der Waals surface area (Å²) in [5, 5.41) is 6.64. The predicted octanol–water partition coefficient (Wildman–Crippen LogP) is 2.43. The Morgan fingerprint density at radius 3 is 2.59 bits per heavy atom. The average molecular weight is 437 g/mol. The topological polar surface area (TPSA) is 109 Å². The van der Waals surface area contributed by atoms with Crippen LogP contribution in [-0.4, -0.2) is 42.0 Å². The van der Waals surface area contributed by atoms with Gasteiger partial charge in [-0.15, -0.1) is 0 Å². The molecule has 0 aliphatic rings. The third-order valence-electron chi connectivity index (χ3n) is 4.35. The van der Waals surface area contributed by atoms with Gasteiger partial charge in [-0.2, -0.15) is 5.10 Å². The Kier molecular flexibility index (Phi) is 7.58. The van der Waals surface area contributed by atoms with Crippen LogP contribution in [0, 0.1) is 6.92 Å². The molecule has 0 saturated carbocycles. The Hall–Kier alpha value is -4.14. The molecule has 0 spiro atoms. The number of para-hydroxylation sites is 1. The molecule has 0 radical (unpaired) electrons. The molecule has 3 aromatic rings. The number of esters is 1. The van der Waals surface area contributed by atoms with Crippen molar-refractivity contribution in [1.82, 2.24) is 9.78 Å². The second kappa shape index (κ2) is 10.8. The monoisotopic (exact) mass is 437 g/mol. The fourth-order valence-electron chi connectivity index (χ4n) is 2.80. The Labute approximate surface area is 184 Å². The lowest BCUT2D eigenvalue weighted by Gasteiger charge is -2.11. The first-order valence-electron chi connectivity index (χ1n) is 9.84. The van der Waals surface area contributed by atoms with Gasteiger partial charge in [0.05, 0.1) is 19.3 Å². The number of carbonyl (C=O) groups excluding carboxylic acids is 2. The van der Waals surface area contributed by atoms with E-state index in [-0.39, 0.29) is 24.4 Å². The molecule has 32 heavy (non-hydrogen) atoms. The molecule has 0 atom stereocenters. The van der Waals surface area contributed by atoms with Gasteiger partial charge in [0.15, 0.2) is 12.3 Å². The zero-order chi connectivity index (χ0) is 22.9. The Morgan fingerprint density at radius 2 is 1.84 bits per heavy atom. The van der Waals surface area contributed by atoms with Gasteiger partial charge in [0.25, 0.3) is 11.5 Å². The van der Waals surface area contributed by atoms with Crippen LogP contribution in [0.3, 0.4) is 0 Å². The number of benzene rings is 2. The van der Waals surface area contributed by atoms with E-state index in [1.54, 1.807) is 24.3 Å². The molecule has 0 saturated heterocycles. The smallest absolute Gasteiger partial charge is 0.359 e. The lowest BCUT2D eigenvalue weighted by Crippen LogP contribution is -2.28. The van der Waals surface area contributed by atoms with Crippen molar-refractivity contribution < 1.29 is 23.8 Å². The van der Waals surface area contributed by atoms with Crippen LogP contribution >= 0.6 is 0 Å². The van der Waals surface area contributed by atoms with E-state index >= 15 is 0 Å². The summed E-state index contributed by atoms with van der Waals surface area (Å²) in [6, 6.07) is 16.9. The summed E-state index contributed by atoms with van der Waals surface area (Å²) in [6.07, 6.45) is 0. The van der Waals surface area contributed by atoms with Gasteiger partial charge in [0.2, 0.25) is 0 Å². The highest BCUT2D eigenvalue weighted by molar-refractivity contribution is 5.95. The lowest BCUT2D eigenvalue weighted by molar-refractivity contribution is -0.119. The summed E-state index contributed by atoms with van der Waals surface area (Å²) in [4.78, 5) is 36.5. The minimum absolute atomic E-state index is 0.0924. The molecule has 0 unspecified atom stereocenters. The lowest BCUT2D eigenvalue weighted by atomic mass is 10.2. The molecule has 9 nitrogen and oxygen atoms in total. The summed E-state index contributed by atoms with van der Waals surface area (Å²) >= 11 is 0. The number of hydrogen-bond acceptors (Lipinski definition) is 7. The van der Waals surface area contributed by atoms with Gasteiger partial charge in [-0.05, 0) is 42.8 Å². The highest BCUT2D eigenvalue weighted by atomic mass is 16.5. The van der Waals surface area contributed by atoms with Crippen molar-refractivity contribution in [3.8, 4) is 11.5 Å². The maximum absolute atomic E-state index is 12.3. The molecule has 166 valence electrons. The first-order valence-corrected chi connectivity index (χ1v) is 9.84. The molecular weight excluding hydrogens is 414 g/mol. The maximum atomic E-state index is 12.3. The van der Waals surface area contributed by atoms with Gasteiger partial charge in [-0.25, -0.2) is 9.48 Å². The Bertz CT molecular complexity index is 1140. The van der Waals surface area contributed by atoms with Crippen molar-refractivity contribution in [1.29, 1.82) is 0 Å². The number of anilines is 1. The van der Waals surface area contributed by atoms with Crippen LogP contribution in [-0.2, 0) is 16.1 Å². The van der Waals surface area contributed by atoms with Crippen molar-refractivity contribution >= 4 is 17.6 Å². The summed E-state index contributed by atoms with van der Waals surface area (Å²) in [5.74, 6) is -0.213. The third kappa shape index (κ3) is 6.18. The Balaban J connectivity index is 1.55. The molecule has 0 fully saturated rings. The minimum Gasteiger partial charge on any atom is -0.495 e. The highest BCUT2D eigenvalue weighted by Crippen LogP contribution is 2.25. The molecular formula is C23H23N3O6. The normalized spacial score (nSPS) is 10.3. The number of methoxy groups -OCH3 is 1. The summed E-state index contributed by atoms with van der Waals surface area (Å²) in [5.41, 5.74) is 0.923. The SMILES string of the molecule is COc1ccc(C)cc1NC(=O)COC(=O)c1ccc(=O)n(CCOc2ccccc2)n1. The van der Waals surface area contributed by atoms with Crippen molar-refractivity contribution in [3.05, 3.63) is 82.3 Å². The fraction of sp³-hybridized carbons (Fsp3) is 0.217. The summed E-state index contributed by atoms with van der Waals surface area (Å²) in [7, 11) is 1.49. The van der Waals surface area contributed by atoms with Crippen LogP contribution in [0.1, 0.15) is 16.1 Å². The fourth-order valence-corrected chi connectivity index (χ4v) is 2.80. The number of aromatic nitrogens is 2. The molecule has 3 rings (SSSR count). The molecule has 1 N–H and O–H groups in total. The van der Waals surface area contributed by atoms with E-state index in [1.165, 1.54) is 19.2 Å². The van der Waals surface area contributed by atoms with Gasteiger partial charge in [0.1, 0.15) is 18.1 Å². The van der Waals surface area contributed by atoms with E-state index in [1.807, 2.05) is 31.2 Å². The summed E-state index contributed by atoms with van der Waals surface area (Å²) in [6.45, 7) is 1.69. The largest absolute Gasteiger partial charge is 0.495 e. The van der Waals surface area contributed by atoms with Crippen molar-refractivity contribution in [2.24, 2.45) is 0 Å². The highest BCUT2D eigenvalue weighted by Gasteiger charge is 2.15. The zero-order valence-corrected chi connectivity index (χ0v) is 17.7. The van der Waals surface area contributed by atoms with Crippen molar-refractivity contribution in [2.75, 3.05) is 25.6 Å². The van der Waals surface area contributed by atoms with Gasteiger partial charge < -0.3 is 19.5 Å². The van der Waals surface area contributed by atoms with Crippen molar-refractivity contribution in [2.45, 2.75) is 13.5 Å². The van der Waals surface area contributed by atoms with Crippen LogP contribution in [0.4, 0.5) is 5.69 Å². The number of hydrogen-bond donors (Lipinski definition) is 1. The molecule has 0 aliphatic carbocycles. The first kappa shape index (κ1) is 22.5. The van der Waals surface area contributed by atoms with Gasteiger partial charge in [-0.3, -0.25) is 9.59 Å². The van der Waals surface area contributed by atoms with Gasteiger partial charge in [-0.1, -0.05) is 24.3 Å². The van der Waals surface area contributed by atoms with Gasteiger partial charge in [0, 0.05) is 6.07 Å². The van der Waals surface area contributed by atoms with E-state index in [9.17, 15) is 14.4 Å². The quantitative estimate of drug-likeness (QED) is 0.512. The van der Waals surface area contributed by atoms with Crippen LogP contribution in [0.2, 0.25) is 0 Å². The Morgan fingerprint density at radius 1 is 1.06 bits per heavy atom. The predicted molar refractivity (Wildman–Crippen MR) is 117 cm³/mol. The number of nitrogens with one attached hydrogen (secondary N) is 1. The van der Waals surface area contributed by atoms with Crippen LogP contribution in [0.15, 0.2) is 65.5 Å². The zero-order valence-electron chi connectivity index (χ0n) is 17.7. The first-order chi connectivity index (χ1) is 15.5. The molecule has 2 aromatic carbocycles. The number of amides is 1. The standard InChI is InChI=1S/C23H23N3O6/c1-16-8-10-20(30-2)19(14-16)24-21(27)15-32-23(29)18-9-11-22(28)26(25-18)12-13-31-17-6-4-3-5-7-17/h3-11,14H,12-13,15H2,1-2H3,(H,24,27). The molecule has 9 heteroatoms. The van der Waals surface area contributed by atoms with E-state index < -0.39 is 18.5 Å². The van der Waals surface area contributed by atoms with Crippen LogP contribution < -0.4 is 20.3 Å². The molecule has 1 heterocycles. The molecule has 0 aliphatic heterocycles. The van der Waals surface area contributed by atoms with Crippen LogP contribution in [0.5, 0.6) is 11.5 Å². The summed E-state index contributed by atoms with van der Waals surface area (Å²) < 4.78 is 16.9. The minimum atomic E-state index is -0.825. The molecule has 0 bridgehead atoms. The van der Waals surface area contributed by atoms with E-state index in [4.69, 9.17) is 14.2 Å². The number of nitrogens with zero attached hydrogens (tertiary/aromatic N) is 2. The maximum Gasteiger partial charge on any atom is 0.359 e. The average Bonchev–Trinajstić information content (AvgIpc) is 2.79. The van der Waals surface area contributed by atoms with E-state index in [0.717, 1.165) is 10.2 Å². The molecule has 1 aromatic heterocycles. The molecule has 1 amide bonds. The number of carbonyl (C=O) groups is 2. The van der Waals surface area contributed by atoms with Gasteiger partial charge >= 0.3 is 5.97 Å². The van der Waals surface area contributed by atoms with E-state index in [2.05, 4.69) is 10.4 Å². The van der Waals surface area contributed by atoms with Crippen LogP contribution in [0.25, 0.3) is 0 Å².